The third-order valence-electron chi connectivity index (χ3n) is 2.29. The highest BCUT2D eigenvalue weighted by Crippen LogP contribution is 2.19. The smallest absolute Gasteiger partial charge is 0.102 e. The molecule has 1 fully saturated rings. The molecule has 0 unspecified atom stereocenters. The molecule has 1 aliphatic rings. The molecule has 0 spiro atoms. The Balaban J connectivity index is 0. The molecule has 0 saturated carbocycles. The predicted molar refractivity (Wildman–Crippen MR) is 74.4 cm³/mol. The van der Waals surface area contributed by atoms with E-state index in [4.69, 9.17) is 0 Å². The van der Waals surface area contributed by atoms with Crippen molar-refractivity contribution in [2.75, 3.05) is 26.7 Å². The second-order valence-electron chi connectivity index (χ2n) is 2.97. The Bertz CT molecular complexity index is 237. The van der Waals surface area contributed by atoms with Gasteiger partial charge in [0, 0.05) is 26.7 Å². The fraction of sp³-hybridized carbons (Fsp3) is 0.643. The molecule has 0 radical (unpaired) electrons. The molecule has 0 N–H and O–H groups in total. The van der Waals surface area contributed by atoms with Gasteiger partial charge in [-0.1, -0.05) is 40.9 Å². The zero-order chi connectivity index (χ0) is 13.1. The zero-order valence-corrected chi connectivity index (χ0v) is 11.9. The minimum Gasteiger partial charge on any atom is -0.368 e. The van der Waals surface area contributed by atoms with Gasteiger partial charge in [0.15, 0.2) is 0 Å². The van der Waals surface area contributed by atoms with Crippen LogP contribution in [0.1, 0.15) is 34.6 Å². The highest BCUT2D eigenvalue weighted by atomic mass is 15.3. The highest BCUT2D eigenvalue weighted by molar-refractivity contribution is 5.26. The highest BCUT2D eigenvalue weighted by Gasteiger charge is 2.19. The summed E-state index contributed by atoms with van der Waals surface area (Å²) in [5.41, 5.74) is 4.99. The van der Waals surface area contributed by atoms with Gasteiger partial charge < -0.3 is 9.80 Å². The Kier molecular flexibility index (Phi) is 11.2. The molecule has 0 aromatic carbocycles. The molecule has 16 heavy (non-hydrogen) atoms. The Labute approximate surface area is 102 Å². The summed E-state index contributed by atoms with van der Waals surface area (Å²) in [6.45, 7) is 20.9. The van der Waals surface area contributed by atoms with Crippen LogP contribution in [0.5, 0.6) is 0 Å². The van der Waals surface area contributed by atoms with Crippen molar-refractivity contribution in [2.45, 2.75) is 34.6 Å². The van der Waals surface area contributed by atoms with E-state index in [9.17, 15) is 0 Å². The van der Waals surface area contributed by atoms with Crippen LogP contribution in [0.2, 0.25) is 0 Å². The maximum atomic E-state index is 4.01. The molecule has 2 nitrogen and oxygen atoms in total. The second kappa shape index (κ2) is 10.4. The van der Waals surface area contributed by atoms with E-state index < -0.39 is 0 Å². The first-order chi connectivity index (χ1) is 7.70. The molecule has 1 rings (SSSR count). The van der Waals surface area contributed by atoms with Crippen molar-refractivity contribution < 1.29 is 0 Å². The van der Waals surface area contributed by atoms with Gasteiger partial charge in [0.2, 0.25) is 0 Å². The maximum absolute atomic E-state index is 4.01. The van der Waals surface area contributed by atoms with E-state index in [0.717, 1.165) is 31.0 Å². The maximum Gasteiger partial charge on any atom is 0.102 e. The van der Waals surface area contributed by atoms with Crippen molar-refractivity contribution in [3.8, 4) is 0 Å². The molecule has 94 valence electrons. The van der Waals surface area contributed by atoms with Gasteiger partial charge in [-0.3, -0.25) is 0 Å². The SMILES string of the molecule is C=C=C1C(=C)N(CC)CCN1C.CC.CC. The average Bonchev–Trinajstić information content (AvgIpc) is 2.35. The quantitative estimate of drug-likeness (QED) is 0.629. The minimum atomic E-state index is 1.01. The molecule has 0 atom stereocenters. The van der Waals surface area contributed by atoms with Gasteiger partial charge in [0.1, 0.15) is 5.70 Å². The molecule has 1 aliphatic heterocycles. The monoisotopic (exact) mass is 224 g/mol. The molecule has 2 heteroatoms. The fourth-order valence-corrected chi connectivity index (χ4v) is 1.47. The van der Waals surface area contributed by atoms with E-state index in [-0.39, 0.29) is 0 Å². The lowest BCUT2D eigenvalue weighted by Gasteiger charge is -2.37. The van der Waals surface area contributed by atoms with Gasteiger partial charge in [0.25, 0.3) is 0 Å². The summed E-state index contributed by atoms with van der Waals surface area (Å²) >= 11 is 0. The van der Waals surface area contributed by atoms with Gasteiger partial charge in [0.05, 0.1) is 5.70 Å². The van der Waals surface area contributed by atoms with Crippen molar-refractivity contribution in [2.24, 2.45) is 0 Å². The number of rotatable bonds is 1. The van der Waals surface area contributed by atoms with Crippen LogP contribution in [-0.2, 0) is 0 Å². The van der Waals surface area contributed by atoms with E-state index in [1.165, 1.54) is 0 Å². The lowest BCUT2D eigenvalue weighted by atomic mass is 10.2. The predicted octanol–water partition coefficient (Wildman–Crippen LogP) is 3.49. The van der Waals surface area contributed by atoms with Crippen LogP contribution < -0.4 is 0 Å². The molecule has 0 aliphatic carbocycles. The normalized spacial score (nSPS) is 14.4. The second-order valence-corrected chi connectivity index (χ2v) is 2.97. The average molecular weight is 224 g/mol. The summed E-state index contributed by atoms with van der Waals surface area (Å²) in [7, 11) is 2.05. The first-order valence-corrected chi connectivity index (χ1v) is 6.26. The van der Waals surface area contributed by atoms with Crippen molar-refractivity contribution in [3.05, 3.63) is 30.3 Å². The van der Waals surface area contributed by atoms with E-state index >= 15 is 0 Å². The number of hydrogen-bond acceptors (Lipinski definition) is 2. The Morgan fingerprint density at radius 1 is 1.19 bits per heavy atom. The van der Waals surface area contributed by atoms with Crippen LogP contribution in [0.3, 0.4) is 0 Å². The Hall–Kier alpha value is -1.14. The lowest BCUT2D eigenvalue weighted by molar-refractivity contribution is 0.253. The topological polar surface area (TPSA) is 6.48 Å². The summed E-state index contributed by atoms with van der Waals surface area (Å²) in [6.07, 6.45) is 0. The van der Waals surface area contributed by atoms with Crippen molar-refractivity contribution >= 4 is 0 Å². The van der Waals surface area contributed by atoms with Crippen molar-refractivity contribution in [3.63, 3.8) is 0 Å². The summed E-state index contributed by atoms with van der Waals surface area (Å²) in [5.74, 6) is 0. The third-order valence-corrected chi connectivity index (χ3v) is 2.29. The standard InChI is InChI=1S/C10H16N2.2C2H6/c1-5-10-9(3)12(6-2)8-7-11(10)4;2*1-2/h1,3,6-8H2,2,4H3;2*1-2H3. The van der Waals surface area contributed by atoms with E-state index in [2.05, 4.69) is 35.6 Å². The van der Waals surface area contributed by atoms with Crippen LogP contribution >= 0.6 is 0 Å². The largest absolute Gasteiger partial charge is 0.368 e. The van der Waals surface area contributed by atoms with Crippen LogP contribution in [0.25, 0.3) is 0 Å². The fourth-order valence-electron chi connectivity index (χ4n) is 1.47. The Morgan fingerprint density at radius 3 is 2.06 bits per heavy atom. The Morgan fingerprint density at radius 2 is 1.69 bits per heavy atom. The van der Waals surface area contributed by atoms with Crippen LogP contribution in [0.15, 0.2) is 30.3 Å². The molecular formula is C14H28N2. The first-order valence-electron chi connectivity index (χ1n) is 6.26. The molecule has 1 heterocycles. The third kappa shape index (κ3) is 4.59. The van der Waals surface area contributed by atoms with Crippen molar-refractivity contribution in [1.82, 2.24) is 9.80 Å². The zero-order valence-electron chi connectivity index (χ0n) is 11.9. The molecule has 1 saturated heterocycles. The lowest BCUT2D eigenvalue weighted by Crippen LogP contribution is -2.40. The van der Waals surface area contributed by atoms with Crippen LogP contribution in [0, 0.1) is 0 Å². The molecule has 0 aromatic rings. The number of piperazine rings is 1. The van der Waals surface area contributed by atoms with Crippen LogP contribution in [0.4, 0.5) is 0 Å². The van der Waals surface area contributed by atoms with Gasteiger partial charge in [-0.2, -0.15) is 0 Å². The van der Waals surface area contributed by atoms with Gasteiger partial charge >= 0.3 is 0 Å². The number of nitrogens with zero attached hydrogens (tertiary/aromatic N) is 2. The van der Waals surface area contributed by atoms with Gasteiger partial charge in [-0.05, 0) is 6.92 Å². The van der Waals surface area contributed by atoms with Gasteiger partial charge in [-0.25, -0.2) is 0 Å². The molecule has 0 bridgehead atoms. The molecule has 0 amide bonds. The molecular weight excluding hydrogens is 196 g/mol. The summed E-state index contributed by atoms with van der Waals surface area (Å²) < 4.78 is 0. The molecule has 0 aromatic heterocycles. The minimum absolute atomic E-state index is 1.01. The first kappa shape index (κ1) is 17.3. The van der Waals surface area contributed by atoms with Gasteiger partial charge in [-0.15, -0.1) is 5.73 Å². The van der Waals surface area contributed by atoms with Crippen molar-refractivity contribution in [1.29, 1.82) is 0 Å². The van der Waals surface area contributed by atoms with Crippen LogP contribution in [-0.4, -0.2) is 36.5 Å². The van der Waals surface area contributed by atoms with E-state index in [1.807, 2.05) is 34.7 Å². The number of hydrogen-bond donors (Lipinski definition) is 0. The summed E-state index contributed by atoms with van der Waals surface area (Å²) in [4.78, 5) is 4.38. The summed E-state index contributed by atoms with van der Waals surface area (Å²) in [5, 5.41) is 0. The number of likely N-dealkylation sites (N-methyl/N-ethyl adjacent to an activating group) is 2. The van der Waals surface area contributed by atoms with E-state index in [1.54, 1.807) is 0 Å². The summed E-state index contributed by atoms with van der Waals surface area (Å²) in [6, 6.07) is 0. The van der Waals surface area contributed by atoms with E-state index in [0.29, 0.717) is 0 Å².